The van der Waals surface area contributed by atoms with Gasteiger partial charge in [0.15, 0.2) is 5.13 Å². The van der Waals surface area contributed by atoms with Gasteiger partial charge in [0.25, 0.3) is 0 Å². The lowest BCUT2D eigenvalue weighted by atomic mass is 10.2. The molecule has 0 atom stereocenters. The standard InChI is InChI=1S/C24H25N3O5S2/c1-3-11-27(12-4-2)34(29,30)20-8-5-18(6-9-20)23(28)32-19-7-10-21-22(17-19)33-24(25-21)26-13-15-31-16-14-26/h3-10,17H,1-2,11-16H2. The number of carbonyl (C=O) groups excluding carboxylic acids is 1. The highest BCUT2D eigenvalue weighted by Gasteiger charge is 2.23. The van der Waals surface area contributed by atoms with Gasteiger partial charge in [-0.15, -0.1) is 13.2 Å². The molecule has 0 radical (unpaired) electrons. The maximum Gasteiger partial charge on any atom is 0.343 e. The number of rotatable bonds is 9. The minimum Gasteiger partial charge on any atom is -0.423 e. The third-order valence-electron chi connectivity index (χ3n) is 5.23. The van der Waals surface area contributed by atoms with Crippen LogP contribution in [0.15, 0.2) is 72.7 Å². The predicted octanol–water partition coefficient (Wildman–Crippen LogP) is 3.71. The summed E-state index contributed by atoms with van der Waals surface area (Å²) in [6.45, 7) is 10.5. The fraction of sp³-hybridized carbons (Fsp3) is 0.250. The molecule has 178 valence electrons. The first-order chi connectivity index (χ1) is 16.4. The normalized spacial score (nSPS) is 14.3. The van der Waals surface area contributed by atoms with Crippen LogP contribution in [0, 0.1) is 0 Å². The van der Waals surface area contributed by atoms with Crippen LogP contribution < -0.4 is 9.64 Å². The number of esters is 1. The van der Waals surface area contributed by atoms with Crippen molar-refractivity contribution < 1.29 is 22.7 Å². The molecule has 0 aliphatic carbocycles. The van der Waals surface area contributed by atoms with Crippen molar-refractivity contribution in [1.29, 1.82) is 0 Å². The molecule has 1 saturated heterocycles. The zero-order valence-electron chi connectivity index (χ0n) is 18.6. The van der Waals surface area contributed by atoms with Crippen LogP contribution in [0.4, 0.5) is 5.13 Å². The lowest BCUT2D eigenvalue weighted by Gasteiger charge is -2.25. The number of hydrogen-bond donors (Lipinski definition) is 0. The van der Waals surface area contributed by atoms with Crippen molar-refractivity contribution in [3.63, 3.8) is 0 Å². The molecule has 8 nitrogen and oxygen atoms in total. The summed E-state index contributed by atoms with van der Waals surface area (Å²) < 4.78 is 38.7. The van der Waals surface area contributed by atoms with E-state index in [1.54, 1.807) is 12.1 Å². The molecule has 0 bridgehead atoms. The lowest BCUT2D eigenvalue weighted by molar-refractivity contribution is 0.0735. The van der Waals surface area contributed by atoms with Gasteiger partial charge in [0.1, 0.15) is 5.75 Å². The topological polar surface area (TPSA) is 89.0 Å². The largest absolute Gasteiger partial charge is 0.423 e. The first-order valence-electron chi connectivity index (χ1n) is 10.7. The van der Waals surface area contributed by atoms with Crippen molar-refractivity contribution in [2.45, 2.75) is 4.90 Å². The molecule has 0 N–H and O–H groups in total. The van der Waals surface area contributed by atoms with Gasteiger partial charge >= 0.3 is 5.97 Å². The van der Waals surface area contributed by atoms with Crippen LogP contribution >= 0.6 is 11.3 Å². The number of thiazole rings is 1. The molecule has 4 rings (SSSR count). The highest BCUT2D eigenvalue weighted by atomic mass is 32.2. The van der Waals surface area contributed by atoms with E-state index in [2.05, 4.69) is 23.0 Å². The van der Waals surface area contributed by atoms with Crippen LogP contribution in [-0.2, 0) is 14.8 Å². The van der Waals surface area contributed by atoms with Gasteiger partial charge in [0.05, 0.1) is 33.9 Å². The minimum atomic E-state index is -3.74. The van der Waals surface area contributed by atoms with Gasteiger partial charge in [0, 0.05) is 32.2 Å². The van der Waals surface area contributed by atoms with E-state index in [9.17, 15) is 13.2 Å². The molecule has 10 heteroatoms. The Morgan fingerprint density at radius 3 is 2.44 bits per heavy atom. The van der Waals surface area contributed by atoms with Gasteiger partial charge in [0.2, 0.25) is 10.0 Å². The third kappa shape index (κ3) is 5.20. The molecular formula is C24H25N3O5S2. The van der Waals surface area contributed by atoms with E-state index in [0.29, 0.717) is 19.0 Å². The van der Waals surface area contributed by atoms with E-state index in [4.69, 9.17) is 9.47 Å². The van der Waals surface area contributed by atoms with Crippen molar-refractivity contribution in [2.75, 3.05) is 44.3 Å². The Bertz CT molecular complexity index is 1290. The summed E-state index contributed by atoms with van der Waals surface area (Å²) in [7, 11) is -3.74. The Balaban J connectivity index is 1.48. The van der Waals surface area contributed by atoms with Crippen LogP contribution in [0.25, 0.3) is 10.2 Å². The molecule has 0 saturated carbocycles. The Morgan fingerprint density at radius 1 is 1.12 bits per heavy atom. The molecular weight excluding hydrogens is 474 g/mol. The average Bonchev–Trinajstić information content (AvgIpc) is 3.28. The number of morpholine rings is 1. The van der Waals surface area contributed by atoms with E-state index >= 15 is 0 Å². The molecule has 1 aliphatic heterocycles. The highest BCUT2D eigenvalue weighted by molar-refractivity contribution is 7.89. The number of benzene rings is 2. The maximum absolute atomic E-state index is 12.8. The second kappa shape index (κ2) is 10.5. The number of ether oxygens (including phenoxy) is 2. The smallest absolute Gasteiger partial charge is 0.343 e. The zero-order chi connectivity index (χ0) is 24.1. The third-order valence-corrected chi connectivity index (χ3v) is 8.16. The van der Waals surface area contributed by atoms with Crippen LogP contribution in [0.2, 0.25) is 0 Å². The van der Waals surface area contributed by atoms with Crippen molar-refractivity contribution in [3.8, 4) is 5.75 Å². The zero-order valence-corrected chi connectivity index (χ0v) is 20.2. The summed E-state index contributed by atoms with van der Waals surface area (Å²) in [5.41, 5.74) is 1.08. The Kier molecular flexibility index (Phi) is 7.42. The predicted molar refractivity (Wildman–Crippen MR) is 133 cm³/mol. The maximum atomic E-state index is 12.8. The van der Waals surface area contributed by atoms with Crippen LogP contribution in [0.3, 0.4) is 0 Å². The molecule has 3 aromatic rings. The fourth-order valence-electron chi connectivity index (χ4n) is 3.48. The molecule has 0 amide bonds. The van der Waals surface area contributed by atoms with E-state index in [-0.39, 0.29) is 23.5 Å². The number of carbonyl (C=O) groups is 1. The van der Waals surface area contributed by atoms with Crippen molar-refractivity contribution in [2.24, 2.45) is 0 Å². The van der Waals surface area contributed by atoms with Crippen LogP contribution in [-0.4, -0.2) is 63.1 Å². The van der Waals surface area contributed by atoms with E-state index in [0.717, 1.165) is 28.4 Å². The summed E-state index contributed by atoms with van der Waals surface area (Å²) in [4.78, 5) is 19.6. The quantitative estimate of drug-likeness (QED) is 0.252. The summed E-state index contributed by atoms with van der Waals surface area (Å²) in [5.74, 6) is -0.176. The summed E-state index contributed by atoms with van der Waals surface area (Å²) in [6, 6.07) is 11.0. The van der Waals surface area contributed by atoms with Crippen LogP contribution in [0.5, 0.6) is 5.75 Å². The Hall–Kier alpha value is -3.05. The first-order valence-corrected chi connectivity index (χ1v) is 13.0. The van der Waals surface area contributed by atoms with E-state index in [1.165, 1.54) is 52.1 Å². The van der Waals surface area contributed by atoms with Gasteiger partial charge < -0.3 is 14.4 Å². The van der Waals surface area contributed by atoms with Crippen molar-refractivity contribution in [3.05, 3.63) is 73.3 Å². The lowest BCUT2D eigenvalue weighted by Crippen LogP contribution is -2.36. The average molecular weight is 500 g/mol. The van der Waals surface area contributed by atoms with Gasteiger partial charge in [-0.25, -0.2) is 18.2 Å². The number of fused-ring (bicyclic) bond motifs is 1. The van der Waals surface area contributed by atoms with E-state index < -0.39 is 16.0 Å². The molecule has 2 aromatic carbocycles. The number of hydrogen-bond acceptors (Lipinski definition) is 8. The number of anilines is 1. The summed E-state index contributed by atoms with van der Waals surface area (Å²) >= 11 is 1.54. The Labute approximate surface area is 202 Å². The van der Waals surface area contributed by atoms with E-state index in [1.807, 2.05) is 6.07 Å². The number of nitrogens with zero attached hydrogens (tertiary/aromatic N) is 3. The number of aromatic nitrogens is 1. The molecule has 1 aliphatic rings. The van der Waals surface area contributed by atoms with Gasteiger partial charge in [-0.2, -0.15) is 4.31 Å². The van der Waals surface area contributed by atoms with Crippen molar-refractivity contribution >= 4 is 42.7 Å². The summed E-state index contributed by atoms with van der Waals surface area (Å²) in [6.07, 6.45) is 3.02. The first kappa shape index (κ1) is 24.1. The fourth-order valence-corrected chi connectivity index (χ4v) is 5.91. The van der Waals surface area contributed by atoms with Crippen molar-refractivity contribution in [1.82, 2.24) is 9.29 Å². The minimum absolute atomic E-state index is 0.0782. The monoisotopic (exact) mass is 499 g/mol. The van der Waals surface area contributed by atoms with Gasteiger partial charge in [-0.3, -0.25) is 0 Å². The molecule has 1 aromatic heterocycles. The second-order valence-electron chi connectivity index (χ2n) is 7.54. The molecule has 2 heterocycles. The van der Waals surface area contributed by atoms with Gasteiger partial charge in [-0.1, -0.05) is 23.5 Å². The molecule has 0 spiro atoms. The summed E-state index contributed by atoms with van der Waals surface area (Å²) in [5, 5.41) is 0.917. The highest BCUT2D eigenvalue weighted by Crippen LogP contribution is 2.32. The van der Waals surface area contributed by atoms with Crippen LogP contribution in [0.1, 0.15) is 10.4 Å². The molecule has 0 unspecified atom stereocenters. The second-order valence-corrected chi connectivity index (χ2v) is 10.5. The Morgan fingerprint density at radius 2 is 1.79 bits per heavy atom. The number of sulfonamides is 1. The molecule has 1 fully saturated rings. The van der Waals surface area contributed by atoms with Gasteiger partial charge in [-0.05, 0) is 36.4 Å². The SMILES string of the molecule is C=CCN(CC=C)S(=O)(=O)c1ccc(C(=O)Oc2ccc3nc(N4CCOCC4)sc3c2)cc1. The molecule has 34 heavy (non-hydrogen) atoms.